The summed E-state index contributed by atoms with van der Waals surface area (Å²) < 4.78 is 7.67. The Kier molecular flexibility index (Phi) is 2.80. The van der Waals surface area contributed by atoms with Crippen molar-refractivity contribution in [3.63, 3.8) is 0 Å². The largest absolute Gasteiger partial charge is 0.382 e. The molecule has 1 fully saturated rings. The van der Waals surface area contributed by atoms with E-state index in [2.05, 4.69) is 21.7 Å². The van der Waals surface area contributed by atoms with Crippen LogP contribution in [0.15, 0.2) is 0 Å². The fraction of sp³-hybridized carbons (Fsp3) is 0.750. The summed E-state index contributed by atoms with van der Waals surface area (Å²) in [7, 11) is 2.15. The van der Waals surface area contributed by atoms with Crippen molar-refractivity contribution >= 4 is 5.82 Å². The van der Waals surface area contributed by atoms with E-state index in [0.29, 0.717) is 6.04 Å². The summed E-state index contributed by atoms with van der Waals surface area (Å²) in [6, 6.07) is 0.376. The highest BCUT2D eigenvalue weighted by molar-refractivity contribution is 5.44. The van der Waals surface area contributed by atoms with Gasteiger partial charge in [0.1, 0.15) is 5.82 Å². The molecular formula is C12H20N4O. The van der Waals surface area contributed by atoms with Crippen molar-refractivity contribution in [3.8, 4) is 0 Å². The Balaban J connectivity index is 1.93. The molecule has 2 N–H and O–H groups in total. The van der Waals surface area contributed by atoms with E-state index in [-0.39, 0.29) is 0 Å². The van der Waals surface area contributed by atoms with Crippen LogP contribution in [0, 0.1) is 0 Å². The van der Waals surface area contributed by atoms with E-state index in [4.69, 9.17) is 10.5 Å². The number of nitrogens with two attached hydrogens (primary N) is 1. The van der Waals surface area contributed by atoms with Crippen molar-refractivity contribution in [3.05, 3.63) is 11.3 Å². The van der Waals surface area contributed by atoms with Crippen molar-refractivity contribution in [2.45, 2.75) is 31.8 Å². The van der Waals surface area contributed by atoms with Gasteiger partial charge in [-0.05, 0) is 26.3 Å². The maximum absolute atomic E-state index is 6.02. The van der Waals surface area contributed by atoms with Gasteiger partial charge in [-0.25, -0.2) is 0 Å². The number of rotatable bonds is 1. The molecule has 1 aromatic rings. The van der Waals surface area contributed by atoms with Gasteiger partial charge in [0.05, 0.1) is 18.3 Å². The van der Waals surface area contributed by atoms with Crippen LogP contribution < -0.4 is 5.73 Å². The van der Waals surface area contributed by atoms with E-state index in [9.17, 15) is 0 Å². The third-order valence-electron chi connectivity index (χ3n) is 3.79. The van der Waals surface area contributed by atoms with Gasteiger partial charge in [0, 0.05) is 25.3 Å². The molecule has 3 rings (SSSR count). The first kappa shape index (κ1) is 11.0. The Hall–Kier alpha value is -1.07. The third kappa shape index (κ3) is 1.93. The molecule has 0 aromatic carbocycles. The molecule has 94 valence electrons. The minimum Gasteiger partial charge on any atom is -0.382 e. The number of likely N-dealkylation sites (N-methyl/N-ethyl adjacent to an activating group) is 1. The van der Waals surface area contributed by atoms with Gasteiger partial charge in [0.25, 0.3) is 0 Å². The molecule has 17 heavy (non-hydrogen) atoms. The Bertz CT molecular complexity index is 409. The van der Waals surface area contributed by atoms with Crippen molar-refractivity contribution in [2.24, 2.45) is 0 Å². The minimum absolute atomic E-state index is 0.376. The number of ether oxygens (including phenoxy) is 1. The lowest BCUT2D eigenvalue weighted by Crippen LogP contribution is -2.30. The zero-order chi connectivity index (χ0) is 11.8. The molecule has 3 heterocycles. The summed E-state index contributed by atoms with van der Waals surface area (Å²) in [6.07, 6.45) is 3.29. The van der Waals surface area contributed by atoms with Crippen LogP contribution in [0.4, 0.5) is 5.82 Å². The number of aromatic nitrogens is 2. The van der Waals surface area contributed by atoms with Gasteiger partial charge in [0.15, 0.2) is 0 Å². The molecule has 0 spiro atoms. The number of fused-ring (bicyclic) bond motifs is 1. The summed E-state index contributed by atoms with van der Waals surface area (Å²) in [4.78, 5) is 2.32. The maximum atomic E-state index is 6.02. The van der Waals surface area contributed by atoms with Crippen LogP contribution in [-0.4, -0.2) is 41.5 Å². The maximum Gasteiger partial charge on any atom is 0.149 e. The van der Waals surface area contributed by atoms with E-state index in [1.165, 1.54) is 11.3 Å². The van der Waals surface area contributed by atoms with E-state index in [0.717, 1.165) is 51.4 Å². The molecule has 2 aliphatic rings. The first-order chi connectivity index (χ1) is 8.25. The predicted octanol–water partition coefficient (Wildman–Crippen LogP) is 0.805. The van der Waals surface area contributed by atoms with Gasteiger partial charge in [-0.2, -0.15) is 5.10 Å². The number of nitrogen functional groups attached to an aromatic ring is 1. The number of anilines is 1. The molecule has 0 aliphatic carbocycles. The summed E-state index contributed by atoms with van der Waals surface area (Å²) >= 11 is 0. The van der Waals surface area contributed by atoms with Crippen molar-refractivity contribution < 1.29 is 4.74 Å². The summed E-state index contributed by atoms with van der Waals surface area (Å²) in [5.74, 6) is 0.721. The van der Waals surface area contributed by atoms with Crippen LogP contribution in [0.3, 0.4) is 0 Å². The van der Waals surface area contributed by atoms with E-state index in [1.54, 1.807) is 0 Å². The average Bonchev–Trinajstić information content (AvgIpc) is 2.67. The van der Waals surface area contributed by atoms with Gasteiger partial charge >= 0.3 is 0 Å². The van der Waals surface area contributed by atoms with Gasteiger partial charge in [-0.3, -0.25) is 4.68 Å². The van der Waals surface area contributed by atoms with Gasteiger partial charge in [0.2, 0.25) is 0 Å². The van der Waals surface area contributed by atoms with Gasteiger partial charge in [-0.15, -0.1) is 0 Å². The van der Waals surface area contributed by atoms with E-state index < -0.39 is 0 Å². The molecule has 0 saturated carbocycles. The second kappa shape index (κ2) is 4.31. The number of nitrogens with zero attached hydrogens (tertiary/aromatic N) is 3. The fourth-order valence-electron chi connectivity index (χ4n) is 2.82. The summed E-state index contributed by atoms with van der Waals surface area (Å²) in [5.41, 5.74) is 8.58. The van der Waals surface area contributed by atoms with E-state index in [1.807, 2.05) is 0 Å². The SMILES string of the molecule is CN1CCc2c(N)nn(C3CCCOC3)c2C1. The van der Waals surface area contributed by atoms with Gasteiger partial charge < -0.3 is 15.4 Å². The fourth-order valence-corrected chi connectivity index (χ4v) is 2.82. The van der Waals surface area contributed by atoms with Crippen molar-refractivity contribution in [1.29, 1.82) is 0 Å². The monoisotopic (exact) mass is 236 g/mol. The zero-order valence-electron chi connectivity index (χ0n) is 10.4. The first-order valence-corrected chi connectivity index (χ1v) is 6.37. The Morgan fingerprint density at radius 1 is 1.47 bits per heavy atom. The molecular weight excluding hydrogens is 216 g/mol. The van der Waals surface area contributed by atoms with Crippen LogP contribution in [0.25, 0.3) is 0 Å². The van der Waals surface area contributed by atoms with Crippen molar-refractivity contribution in [1.82, 2.24) is 14.7 Å². The molecule has 1 atom stereocenters. The molecule has 1 aromatic heterocycles. The van der Waals surface area contributed by atoms with Gasteiger partial charge in [-0.1, -0.05) is 0 Å². The second-order valence-corrected chi connectivity index (χ2v) is 5.11. The van der Waals surface area contributed by atoms with Crippen LogP contribution in [0.1, 0.15) is 30.1 Å². The molecule has 5 heteroatoms. The average molecular weight is 236 g/mol. The lowest BCUT2D eigenvalue weighted by atomic mass is 10.1. The predicted molar refractivity (Wildman–Crippen MR) is 65.8 cm³/mol. The Morgan fingerprint density at radius 2 is 2.35 bits per heavy atom. The van der Waals surface area contributed by atoms with Crippen molar-refractivity contribution in [2.75, 3.05) is 32.5 Å². The molecule has 2 aliphatic heterocycles. The normalized spacial score (nSPS) is 25.8. The minimum atomic E-state index is 0.376. The number of hydrogen-bond donors (Lipinski definition) is 1. The Labute approximate surface area is 102 Å². The quantitative estimate of drug-likeness (QED) is 0.784. The van der Waals surface area contributed by atoms with Crippen LogP contribution in [0.5, 0.6) is 0 Å². The van der Waals surface area contributed by atoms with Crippen LogP contribution in [0.2, 0.25) is 0 Å². The molecule has 0 amide bonds. The standard InChI is InChI=1S/C12H20N4O/c1-15-5-4-10-11(7-15)16(14-12(10)13)9-3-2-6-17-8-9/h9H,2-8H2,1H3,(H2,13,14). The highest BCUT2D eigenvalue weighted by Crippen LogP contribution is 2.28. The molecule has 1 saturated heterocycles. The topological polar surface area (TPSA) is 56.3 Å². The Morgan fingerprint density at radius 3 is 3.12 bits per heavy atom. The number of hydrogen-bond acceptors (Lipinski definition) is 4. The molecule has 5 nitrogen and oxygen atoms in total. The summed E-state index contributed by atoms with van der Waals surface area (Å²) in [5, 5.41) is 4.54. The third-order valence-corrected chi connectivity index (χ3v) is 3.79. The highest BCUT2D eigenvalue weighted by Gasteiger charge is 2.26. The van der Waals surface area contributed by atoms with Crippen LogP contribution in [-0.2, 0) is 17.7 Å². The lowest BCUT2D eigenvalue weighted by molar-refractivity contribution is 0.0529. The molecule has 1 unspecified atom stereocenters. The second-order valence-electron chi connectivity index (χ2n) is 5.11. The van der Waals surface area contributed by atoms with Crippen LogP contribution >= 0.6 is 0 Å². The highest BCUT2D eigenvalue weighted by atomic mass is 16.5. The zero-order valence-corrected chi connectivity index (χ0v) is 10.4. The first-order valence-electron chi connectivity index (χ1n) is 6.37. The molecule has 0 bridgehead atoms. The smallest absolute Gasteiger partial charge is 0.149 e. The lowest BCUT2D eigenvalue weighted by Gasteiger charge is -2.28. The summed E-state index contributed by atoms with van der Waals surface area (Å²) in [6.45, 7) is 3.69. The molecule has 0 radical (unpaired) electrons. The van der Waals surface area contributed by atoms with E-state index >= 15 is 0 Å².